The summed E-state index contributed by atoms with van der Waals surface area (Å²) in [4.78, 5) is 1.08. The minimum atomic E-state index is -3.48. The standard InChI is InChI=1S/C12H21BrN2O4S2/c1-18-6-7-19-5-3-2-4-15-21(16,17)11-8-10(9-14)20-12(11)13/h8,15H,2-7,9,14H2,1H3. The molecule has 0 aliphatic carbocycles. The van der Waals surface area contributed by atoms with Gasteiger partial charge in [-0.25, -0.2) is 13.1 Å². The van der Waals surface area contributed by atoms with Gasteiger partial charge in [0.15, 0.2) is 0 Å². The van der Waals surface area contributed by atoms with Gasteiger partial charge in [-0.2, -0.15) is 0 Å². The fourth-order valence-corrected chi connectivity index (χ4v) is 5.17. The van der Waals surface area contributed by atoms with Gasteiger partial charge >= 0.3 is 0 Å². The second kappa shape index (κ2) is 9.88. The first-order valence-electron chi connectivity index (χ1n) is 6.56. The van der Waals surface area contributed by atoms with Gasteiger partial charge in [0.25, 0.3) is 0 Å². The molecule has 1 heterocycles. The lowest BCUT2D eigenvalue weighted by Gasteiger charge is -2.06. The van der Waals surface area contributed by atoms with Crippen LogP contribution in [0.4, 0.5) is 0 Å². The lowest BCUT2D eigenvalue weighted by molar-refractivity contribution is 0.0689. The van der Waals surface area contributed by atoms with Crippen molar-refractivity contribution in [3.63, 3.8) is 0 Å². The SMILES string of the molecule is COCCOCCCCNS(=O)(=O)c1cc(CN)sc1Br. The molecule has 0 saturated carbocycles. The maximum atomic E-state index is 12.1. The molecule has 0 saturated heterocycles. The van der Waals surface area contributed by atoms with Crippen molar-refractivity contribution in [1.29, 1.82) is 0 Å². The van der Waals surface area contributed by atoms with Crippen LogP contribution in [0.2, 0.25) is 0 Å². The molecule has 0 unspecified atom stereocenters. The molecule has 0 aromatic carbocycles. The van der Waals surface area contributed by atoms with Gasteiger partial charge < -0.3 is 15.2 Å². The van der Waals surface area contributed by atoms with Crippen molar-refractivity contribution in [1.82, 2.24) is 4.72 Å². The quantitative estimate of drug-likeness (QED) is 0.551. The Bertz CT molecular complexity index is 519. The van der Waals surface area contributed by atoms with E-state index in [4.69, 9.17) is 15.2 Å². The lowest BCUT2D eigenvalue weighted by atomic mass is 10.3. The van der Waals surface area contributed by atoms with Crippen LogP contribution < -0.4 is 10.5 Å². The van der Waals surface area contributed by atoms with E-state index in [9.17, 15) is 8.42 Å². The molecule has 0 amide bonds. The van der Waals surface area contributed by atoms with E-state index in [0.29, 0.717) is 36.7 Å². The number of nitrogens with one attached hydrogen (secondary N) is 1. The Kier molecular flexibility index (Phi) is 8.95. The molecule has 0 spiro atoms. The van der Waals surface area contributed by atoms with Gasteiger partial charge in [0.2, 0.25) is 10.0 Å². The third-order valence-corrected chi connectivity index (χ3v) is 6.37. The van der Waals surface area contributed by atoms with Crippen LogP contribution in [0.5, 0.6) is 0 Å². The van der Waals surface area contributed by atoms with E-state index < -0.39 is 10.0 Å². The van der Waals surface area contributed by atoms with Crippen LogP contribution in [0.25, 0.3) is 0 Å². The van der Waals surface area contributed by atoms with Gasteiger partial charge in [0.1, 0.15) is 4.90 Å². The highest BCUT2D eigenvalue weighted by atomic mass is 79.9. The Morgan fingerprint density at radius 3 is 2.71 bits per heavy atom. The summed E-state index contributed by atoms with van der Waals surface area (Å²) in [6.07, 6.45) is 1.52. The van der Waals surface area contributed by atoms with E-state index in [1.165, 1.54) is 11.3 Å². The van der Waals surface area contributed by atoms with Crippen molar-refractivity contribution in [3.05, 3.63) is 14.7 Å². The number of sulfonamides is 1. The number of rotatable bonds is 11. The summed E-state index contributed by atoms with van der Waals surface area (Å²) in [7, 11) is -1.86. The van der Waals surface area contributed by atoms with Gasteiger partial charge in [-0.1, -0.05) is 0 Å². The highest BCUT2D eigenvalue weighted by Gasteiger charge is 2.19. The molecule has 0 aliphatic rings. The number of hydrogen-bond acceptors (Lipinski definition) is 6. The normalized spacial score (nSPS) is 12.0. The molecule has 0 fully saturated rings. The summed E-state index contributed by atoms with van der Waals surface area (Å²) in [6, 6.07) is 1.60. The molecule has 0 radical (unpaired) electrons. The summed E-state index contributed by atoms with van der Waals surface area (Å²) in [5.41, 5.74) is 5.52. The number of nitrogens with two attached hydrogens (primary N) is 1. The average Bonchev–Trinajstić information content (AvgIpc) is 2.84. The molecule has 122 valence electrons. The van der Waals surface area contributed by atoms with E-state index >= 15 is 0 Å². The molecule has 1 aromatic rings. The van der Waals surface area contributed by atoms with Crippen LogP contribution in [0.3, 0.4) is 0 Å². The van der Waals surface area contributed by atoms with Crippen LogP contribution in [0.15, 0.2) is 14.7 Å². The fourth-order valence-electron chi connectivity index (χ4n) is 1.54. The van der Waals surface area contributed by atoms with Crippen molar-refractivity contribution in [3.8, 4) is 0 Å². The molecule has 1 aromatic heterocycles. The highest BCUT2D eigenvalue weighted by molar-refractivity contribution is 9.11. The van der Waals surface area contributed by atoms with Crippen molar-refractivity contribution in [2.24, 2.45) is 5.73 Å². The zero-order valence-electron chi connectivity index (χ0n) is 11.9. The predicted molar refractivity (Wildman–Crippen MR) is 87.0 cm³/mol. The Balaban J connectivity index is 2.31. The minimum absolute atomic E-state index is 0.254. The van der Waals surface area contributed by atoms with Crippen molar-refractivity contribution >= 4 is 37.3 Å². The molecule has 0 bridgehead atoms. The number of thiophene rings is 1. The van der Waals surface area contributed by atoms with Gasteiger partial charge in [-0.05, 0) is 34.8 Å². The molecule has 0 aliphatic heterocycles. The van der Waals surface area contributed by atoms with Crippen LogP contribution in [-0.2, 0) is 26.0 Å². The van der Waals surface area contributed by atoms with Crippen molar-refractivity contribution < 1.29 is 17.9 Å². The highest BCUT2D eigenvalue weighted by Crippen LogP contribution is 2.31. The van der Waals surface area contributed by atoms with E-state index in [0.717, 1.165) is 17.7 Å². The van der Waals surface area contributed by atoms with Crippen LogP contribution in [-0.4, -0.2) is 41.9 Å². The average molecular weight is 401 g/mol. The zero-order chi connectivity index (χ0) is 15.7. The molecule has 6 nitrogen and oxygen atoms in total. The number of hydrogen-bond donors (Lipinski definition) is 2. The zero-order valence-corrected chi connectivity index (χ0v) is 15.2. The topological polar surface area (TPSA) is 90.6 Å². The molecule has 9 heteroatoms. The summed E-state index contributed by atoms with van der Waals surface area (Å²) >= 11 is 4.60. The second-order valence-corrected chi connectivity index (χ2v) is 8.45. The molecular weight excluding hydrogens is 380 g/mol. The molecule has 0 atom stereocenters. The van der Waals surface area contributed by atoms with Gasteiger partial charge in [-0.3, -0.25) is 0 Å². The summed E-state index contributed by atoms with van der Waals surface area (Å²) in [5, 5.41) is 0. The molecule has 21 heavy (non-hydrogen) atoms. The number of unbranched alkanes of at least 4 members (excludes halogenated alkanes) is 1. The van der Waals surface area contributed by atoms with Crippen LogP contribution in [0, 0.1) is 0 Å². The van der Waals surface area contributed by atoms with E-state index in [1.807, 2.05) is 0 Å². The maximum Gasteiger partial charge on any atom is 0.242 e. The minimum Gasteiger partial charge on any atom is -0.382 e. The monoisotopic (exact) mass is 400 g/mol. The first-order chi connectivity index (χ1) is 10.0. The molecule has 1 rings (SSSR count). The smallest absolute Gasteiger partial charge is 0.242 e. The number of ether oxygens (including phenoxy) is 2. The second-order valence-electron chi connectivity index (χ2n) is 4.26. The Morgan fingerprint density at radius 1 is 1.33 bits per heavy atom. The van der Waals surface area contributed by atoms with Gasteiger partial charge in [0, 0.05) is 31.7 Å². The number of halogens is 1. The number of methoxy groups -OCH3 is 1. The Hall–Kier alpha value is -0.0300. The van der Waals surface area contributed by atoms with E-state index in [1.54, 1.807) is 13.2 Å². The molecule has 3 N–H and O–H groups in total. The lowest BCUT2D eigenvalue weighted by Crippen LogP contribution is -2.25. The van der Waals surface area contributed by atoms with E-state index in [-0.39, 0.29) is 4.90 Å². The van der Waals surface area contributed by atoms with E-state index in [2.05, 4.69) is 20.7 Å². The van der Waals surface area contributed by atoms with Crippen molar-refractivity contribution in [2.45, 2.75) is 24.3 Å². The van der Waals surface area contributed by atoms with Gasteiger partial charge in [-0.15, -0.1) is 11.3 Å². The summed E-state index contributed by atoms with van der Waals surface area (Å²) in [6.45, 7) is 2.45. The van der Waals surface area contributed by atoms with Crippen molar-refractivity contribution in [2.75, 3.05) is 33.5 Å². The Labute approximate surface area is 138 Å². The summed E-state index contributed by atoms with van der Waals surface area (Å²) < 4.78 is 37.6. The maximum absolute atomic E-state index is 12.1. The van der Waals surface area contributed by atoms with Crippen LogP contribution in [0.1, 0.15) is 17.7 Å². The van der Waals surface area contributed by atoms with Crippen LogP contribution >= 0.6 is 27.3 Å². The first kappa shape index (κ1) is 19.0. The van der Waals surface area contributed by atoms with Gasteiger partial charge in [0.05, 0.1) is 17.0 Å². The largest absolute Gasteiger partial charge is 0.382 e. The first-order valence-corrected chi connectivity index (χ1v) is 9.65. The summed E-state index contributed by atoms with van der Waals surface area (Å²) in [5.74, 6) is 0. The molecular formula is C12H21BrN2O4S2. The third-order valence-electron chi connectivity index (χ3n) is 2.64. The fraction of sp³-hybridized carbons (Fsp3) is 0.667. The Morgan fingerprint density at radius 2 is 2.10 bits per heavy atom. The predicted octanol–water partition coefficient (Wildman–Crippen LogP) is 1.69. The third kappa shape index (κ3) is 6.72.